The number of rotatable bonds is 2. The number of nitrogens with zero attached hydrogens (tertiary/aromatic N) is 3. The molecule has 1 aromatic heterocycles. The Morgan fingerprint density at radius 1 is 1.43 bits per heavy atom. The molecule has 4 nitrogen and oxygen atoms in total. The van der Waals surface area contributed by atoms with E-state index < -0.39 is 0 Å². The summed E-state index contributed by atoms with van der Waals surface area (Å²) >= 11 is 0. The van der Waals surface area contributed by atoms with Crippen molar-refractivity contribution >= 4 is 5.69 Å². The largest absolute Gasteiger partial charge is 0.399 e. The van der Waals surface area contributed by atoms with E-state index in [1.165, 1.54) is 11.9 Å². The zero-order valence-electron chi connectivity index (χ0n) is 8.01. The third kappa shape index (κ3) is 1.74. The van der Waals surface area contributed by atoms with Crippen LogP contribution in [0.1, 0.15) is 11.1 Å². The first-order chi connectivity index (χ1) is 6.75. The predicted octanol–water partition coefficient (Wildman–Crippen LogP) is 1.22. The Labute approximate surface area is 82.4 Å². The molecule has 72 valence electrons. The molecular formula is C10H12N4. The average Bonchev–Trinajstić information content (AvgIpc) is 2.64. The zero-order chi connectivity index (χ0) is 9.97. The molecule has 0 bridgehead atoms. The molecule has 1 heterocycles. The molecular weight excluding hydrogens is 176 g/mol. The van der Waals surface area contributed by atoms with Crippen molar-refractivity contribution in [3.8, 4) is 0 Å². The van der Waals surface area contributed by atoms with E-state index in [4.69, 9.17) is 5.73 Å². The van der Waals surface area contributed by atoms with Crippen molar-refractivity contribution in [2.24, 2.45) is 0 Å². The van der Waals surface area contributed by atoms with Crippen molar-refractivity contribution in [1.29, 1.82) is 0 Å². The second-order valence-corrected chi connectivity index (χ2v) is 3.28. The monoisotopic (exact) mass is 188 g/mol. The lowest BCUT2D eigenvalue weighted by Gasteiger charge is -2.04. The molecule has 1 aromatic carbocycles. The van der Waals surface area contributed by atoms with Crippen molar-refractivity contribution in [1.82, 2.24) is 14.8 Å². The van der Waals surface area contributed by atoms with Gasteiger partial charge in [0.15, 0.2) is 0 Å². The van der Waals surface area contributed by atoms with Crippen molar-refractivity contribution in [2.45, 2.75) is 13.5 Å². The molecule has 14 heavy (non-hydrogen) atoms. The number of hydrogen-bond donors (Lipinski definition) is 1. The molecule has 2 rings (SSSR count). The van der Waals surface area contributed by atoms with Gasteiger partial charge in [-0.2, -0.15) is 5.10 Å². The maximum absolute atomic E-state index is 5.73. The normalized spacial score (nSPS) is 10.4. The lowest BCUT2D eigenvalue weighted by atomic mass is 10.1. The highest BCUT2D eigenvalue weighted by molar-refractivity contribution is 5.47. The Hall–Kier alpha value is -1.84. The summed E-state index contributed by atoms with van der Waals surface area (Å²) < 4.78 is 1.78. The van der Waals surface area contributed by atoms with Crippen LogP contribution in [-0.2, 0) is 6.54 Å². The molecule has 0 aliphatic heterocycles. The summed E-state index contributed by atoms with van der Waals surface area (Å²) in [5.41, 5.74) is 8.84. The minimum Gasteiger partial charge on any atom is -0.399 e. The number of aromatic nitrogens is 3. The fourth-order valence-corrected chi connectivity index (χ4v) is 1.34. The van der Waals surface area contributed by atoms with Crippen LogP contribution in [-0.4, -0.2) is 14.8 Å². The first-order valence-electron chi connectivity index (χ1n) is 4.43. The van der Waals surface area contributed by atoms with Gasteiger partial charge >= 0.3 is 0 Å². The van der Waals surface area contributed by atoms with Crippen LogP contribution in [0.15, 0.2) is 30.9 Å². The van der Waals surface area contributed by atoms with E-state index in [9.17, 15) is 0 Å². The van der Waals surface area contributed by atoms with Crippen molar-refractivity contribution in [3.63, 3.8) is 0 Å². The summed E-state index contributed by atoms with van der Waals surface area (Å²) in [6, 6.07) is 5.99. The first kappa shape index (κ1) is 8.74. The van der Waals surface area contributed by atoms with E-state index >= 15 is 0 Å². The molecule has 0 aliphatic rings. The van der Waals surface area contributed by atoms with Crippen LogP contribution in [0.3, 0.4) is 0 Å². The van der Waals surface area contributed by atoms with Gasteiger partial charge in [0.25, 0.3) is 0 Å². The number of nitrogens with two attached hydrogens (primary N) is 1. The van der Waals surface area contributed by atoms with E-state index in [0.717, 1.165) is 17.8 Å². The zero-order valence-corrected chi connectivity index (χ0v) is 8.01. The molecule has 0 saturated carbocycles. The summed E-state index contributed by atoms with van der Waals surface area (Å²) in [6.45, 7) is 2.74. The van der Waals surface area contributed by atoms with Gasteiger partial charge in [-0.3, -0.25) is 0 Å². The Morgan fingerprint density at radius 3 is 2.93 bits per heavy atom. The Balaban J connectivity index is 2.22. The van der Waals surface area contributed by atoms with Gasteiger partial charge in [-0.15, -0.1) is 0 Å². The van der Waals surface area contributed by atoms with Crippen LogP contribution in [0.4, 0.5) is 5.69 Å². The lowest BCUT2D eigenvalue weighted by Crippen LogP contribution is -2.01. The fraction of sp³-hybridized carbons (Fsp3) is 0.200. The molecule has 0 saturated heterocycles. The summed E-state index contributed by atoms with van der Waals surface area (Å²) in [6.07, 6.45) is 3.23. The van der Waals surface area contributed by atoms with Gasteiger partial charge in [0, 0.05) is 5.69 Å². The number of anilines is 1. The van der Waals surface area contributed by atoms with Crippen LogP contribution in [0.2, 0.25) is 0 Å². The molecule has 2 aromatic rings. The van der Waals surface area contributed by atoms with Crippen molar-refractivity contribution < 1.29 is 0 Å². The van der Waals surface area contributed by atoms with E-state index in [2.05, 4.69) is 16.1 Å². The van der Waals surface area contributed by atoms with Gasteiger partial charge in [-0.1, -0.05) is 12.1 Å². The van der Waals surface area contributed by atoms with Crippen LogP contribution in [0, 0.1) is 6.92 Å². The maximum Gasteiger partial charge on any atom is 0.137 e. The molecule has 0 atom stereocenters. The summed E-state index contributed by atoms with van der Waals surface area (Å²) in [7, 11) is 0. The highest BCUT2D eigenvalue weighted by Gasteiger charge is 1.98. The van der Waals surface area contributed by atoms with E-state index in [-0.39, 0.29) is 0 Å². The van der Waals surface area contributed by atoms with E-state index in [1.54, 1.807) is 11.0 Å². The van der Waals surface area contributed by atoms with Crippen LogP contribution >= 0.6 is 0 Å². The number of benzene rings is 1. The standard InChI is InChI=1S/C10H12N4/c1-8-4-9(2-3-10(8)11)5-14-7-12-6-13-14/h2-4,6-7H,5,11H2,1H3. The summed E-state index contributed by atoms with van der Waals surface area (Å²) in [5.74, 6) is 0. The Bertz CT molecular complexity index is 420. The van der Waals surface area contributed by atoms with Crippen LogP contribution in [0.25, 0.3) is 0 Å². The topological polar surface area (TPSA) is 56.7 Å². The van der Waals surface area contributed by atoms with Gasteiger partial charge in [0.1, 0.15) is 12.7 Å². The molecule has 2 N–H and O–H groups in total. The Kier molecular flexibility index (Phi) is 2.18. The highest BCUT2D eigenvalue weighted by Crippen LogP contribution is 2.13. The molecule has 4 heteroatoms. The quantitative estimate of drug-likeness (QED) is 0.721. The lowest BCUT2D eigenvalue weighted by molar-refractivity contribution is 0.684. The molecule has 0 aliphatic carbocycles. The van der Waals surface area contributed by atoms with Gasteiger partial charge in [-0.05, 0) is 24.1 Å². The second kappa shape index (κ2) is 3.49. The smallest absolute Gasteiger partial charge is 0.137 e. The molecule has 0 unspecified atom stereocenters. The van der Waals surface area contributed by atoms with Crippen LogP contribution < -0.4 is 5.73 Å². The van der Waals surface area contributed by atoms with Gasteiger partial charge < -0.3 is 5.73 Å². The maximum atomic E-state index is 5.73. The third-order valence-electron chi connectivity index (χ3n) is 2.15. The second-order valence-electron chi connectivity index (χ2n) is 3.28. The van der Waals surface area contributed by atoms with Crippen LogP contribution in [0.5, 0.6) is 0 Å². The minimum atomic E-state index is 0.737. The SMILES string of the molecule is Cc1cc(Cn2cncn2)ccc1N. The predicted molar refractivity (Wildman–Crippen MR) is 54.7 cm³/mol. The third-order valence-corrected chi connectivity index (χ3v) is 2.15. The highest BCUT2D eigenvalue weighted by atomic mass is 15.3. The molecule has 0 fully saturated rings. The fourth-order valence-electron chi connectivity index (χ4n) is 1.34. The van der Waals surface area contributed by atoms with E-state index in [0.29, 0.717) is 0 Å². The van der Waals surface area contributed by atoms with Gasteiger partial charge in [-0.25, -0.2) is 9.67 Å². The van der Waals surface area contributed by atoms with Crippen molar-refractivity contribution in [3.05, 3.63) is 42.0 Å². The number of aryl methyl sites for hydroxylation is 1. The first-order valence-corrected chi connectivity index (χ1v) is 4.43. The molecule has 0 spiro atoms. The summed E-state index contributed by atoms with van der Waals surface area (Å²) in [5, 5.41) is 4.04. The molecule has 0 amide bonds. The Morgan fingerprint density at radius 2 is 2.29 bits per heavy atom. The van der Waals surface area contributed by atoms with Crippen molar-refractivity contribution in [2.75, 3.05) is 5.73 Å². The molecule has 0 radical (unpaired) electrons. The number of hydrogen-bond acceptors (Lipinski definition) is 3. The number of nitrogen functional groups attached to an aromatic ring is 1. The summed E-state index contributed by atoms with van der Waals surface area (Å²) in [4.78, 5) is 3.89. The minimum absolute atomic E-state index is 0.737. The van der Waals surface area contributed by atoms with E-state index in [1.807, 2.05) is 19.1 Å². The van der Waals surface area contributed by atoms with Gasteiger partial charge in [0.2, 0.25) is 0 Å². The van der Waals surface area contributed by atoms with Gasteiger partial charge in [0.05, 0.1) is 6.54 Å². The average molecular weight is 188 g/mol.